The average molecular weight is 257 g/mol. The Labute approximate surface area is 108 Å². The molecule has 6 nitrogen and oxygen atoms in total. The molecular weight excluding hydrogens is 234 g/mol. The first-order chi connectivity index (χ1) is 8.40. The van der Waals surface area contributed by atoms with Crippen molar-refractivity contribution in [3.63, 3.8) is 0 Å². The predicted octanol–water partition coefficient (Wildman–Crippen LogP) is 0.443. The highest BCUT2D eigenvalue weighted by Gasteiger charge is 2.24. The van der Waals surface area contributed by atoms with Crippen molar-refractivity contribution in [1.82, 2.24) is 15.1 Å². The molecule has 0 radical (unpaired) electrons. The summed E-state index contributed by atoms with van der Waals surface area (Å²) < 4.78 is 0. The van der Waals surface area contributed by atoms with Crippen molar-refractivity contribution < 1.29 is 14.7 Å². The molecule has 104 valence electrons. The Morgan fingerprint density at radius 3 is 2.39 bits per heavy atom. The van der Waals surface area contributed by atoms with Gasteiger partial charge in [0, 0.05) is 19.6 Å². The lowest BCUT2D eigenvalue weighted by Gasteiger charge is -2.33. The number of urea groups is 1. The van der Waals surface area contributed by atoms with E-state index < -0.39 is 12.0 Å². The van der Waals surface area contributed by atoms with E-state index in [-0.39, 0.29) is 6.03 Å². The molecular formula is C12H23N3O3. The fourth-order valence-corrected chi connectivity index (χ4v) is 2.17. The van der Waals surface area contributed by atoms with E-state index in [0.29, 0.717) is 19.0 Å². The van der Waals surface area contributed by atoms with Gasteiger partial charge in [-0.3, -0.25) is 4.79 Å². The molecule has 0 aromatic heterocycles. The number of carbonyl (C=O) groups excluding carboxylic acids is 1. The maximum absolute atomic E-state index is 11.8. The van der Waals surface area contributed by atoms with Gasteiger partial charge in [0.15, 0.2) is 0 Å². The van der Waals surface area contributed by atoms with E-state index in [2.05, 4.69) is 10.2 Å². The van der Waals surface area contributed by atoms with Gasteiger partial charge in [0.2, 0.25) is 0 Å². The Morgan fingerprint density at radius 2 is 1.94 bits per heavy atom. The molecule has 1 heterocycles. The first kappa shape index (κ1) is 14.8. The highest BCUT2D eigenvalue weighted by atomic mass is 16.4. The highest BCUT2D eigenvalue weighted by molar-refractivity contribution is 5.82. The molecule has 0 aliphatic carbocycles. The first-order valence-electron chi connectivity index (χ1n) is 6.33. The van der Waals surface area contributed by atoms with Gasteiger partial charge in [-0.25, -0.2) is 4.79 Å². The van der Waals surface area contributed by atoms with Gasteiger partial charge in [0.25, 0.3) is 0 Å². The summed E-state index contributed by atoms with van der Waals surface area (Å²) in [7, 11) is 4.10. The van der Waals surface area contributed by atoms with Crippen LogP contribution in [0.15, 0.2) is 0 Å². The van der Waals surface area contributed by atoms with Crippen LogP contribution in [0.2, 0.25) is 0 Å². The van der Waals surface area contributed by atoms with E-state index in [0.717, 1.165) is 19.4 Å². The quantitative estimate of drug-likeness (QED) is 0.766. The highest BCUT2D eigenvalue weighted by Crippen LogP contribution is 2.17. The average Bonchev–Trinajstić information content (AvgIpc) is 2.28. The number of carboxylic acid groups (broad SMARTS) is 1. The number of carboxylic acids is 1. The molecule has 1 rings (SSSR count). The van der Waals surface area contributed by atoms with Crippen LogP contribution in [0.4, 0.5) is 4.79 Å². The van der Waals surface area contributed by atoms with E-state index in [1.165, 1.54) is 6.92 Å². The SMILES string of the molecule is C[C@@H](NC(=O)N1CCC(CN(C)C)CC1)C(=O)O. The summed E-state index contributed by atoms with van der Waals surface area (Å²) >= 11 is 0. The minimum Gasteiger partial charge on any atom is -0.480 e. The zero-order chi connectivity index (χ0) is 13.7. The third-order valence-electron chi connectivity index (χ3n) is 3.24. The monoisotopic (exact) mass is 257 g/mol. The summed E-state index contributed by atoms with van der Waals surface area (Å²) in [5.74, 6) is -0.383. The summed E-state index contributed by atoms with van der Waals surface area (Å²) in [6.45, 7) is 3.92. The Morgan fingerprint density at radius 1 is 1.39 bits per heavy atom. The molecule has 1 fully saturated rings. The van der Waals surface area contributed by atoms with Crippen LogP contribution in [-0.4, -0.2) is 66.7 Å². The lowest BCUT2D eigenvalue weighted by atomic mass is 9.97. The number of nitrogens with zero attached hydrogens (tertiary/aromatic N) is 2. The number of amides is 2. The molecule has 1 aliphatic rings. The third-order valence-corrected chi connectivity index (χ3v) is 3.24. The fourth-order valence-electron chi connectivity index (χ4n) is 2.17. The van der Waals surface area contributed by atoms with Crippen LogP contribution in [0, 0.1) is 5.92 Å². The zero-order valence-electron chi connectivity index (χ0n) is 11.3. The second kappa shape index (κ2) is 6.58. The van der Waals surface area contributed by atoms with E-state index in [9.17, 15) is 9.59 Å². The van der Waals surface area contributed by atoms with Crippen molar-refractivity contribution in [1.29, 1.82) is 0 Å². The Balaban J connectivity index is 2.34. The molecule has 0 spiro atoms. The second-order valence-corrected chi connectivity index (χ2v) is 5.20. The maximum atomic E-state index is 11.8. The molecule has 0 bridgehead atoms. The number of likely N-dealkylation sites (tertiary alicyclic amines) is 1. The van der Waals surface area contributed by atoms with Gasteiger partial charge in [-0.2, -0.15) is 0 Å². The van der Waals surface area contributed by atoms with E-state index in [1.807, 2.05) is 14.1 Å². The van der Waals surface area contributed by atoms with Crippen molar-refractivity contribution in [2.45, 2.75) is 25.8 Å². The predicted molar refractivity (Wildman–Crippen MR) is 68.5 cm³/mol. The molecule has 0 unspecified atom stereocenters. The van der Waals surface area contributed by atoms with Crippen molar-refractivity contribution in [3.05, 3.63) is 0 Å². The van der Waals surface area contributed by atoms with Crippen molar-refractivity contribution in [2.75, 3.05) is 33.7 Å². The fraction of sp³-hybridized carbons (Fsp3) is 0.833. The Kier molecular flexibility index (Phi) is 5.40. The van der Waals surface area contributed by atoms with Gasteiger partial charge in [0.1, 0.15) is 6.04 Å². The van der Waals surface area contributed by atoms with Crippen LogP contribution in [0.1, 0.15) is 19.8 Å². The second-order valence-electron chi connectivity index (χ2n) is 5.20. The molecule has 18 heavy (non-hydrogen) atoms. The number of carbonyl (C=O) groups is 2. The largest absolute Gasteiger partial charge is 0.480 e. The van der Waals surface area contributed by atoms with Crippen molar-refractivity contribution >= 4 is 12.0 Å². The number of hydrogen-bond acceptors (Lipinski definition) is 3. The Hall–Kier alpha value is -1.30. The van der Waals surface area contributed by atoms with Crippen LogP contribution >= 0.6 is 0 Å². The molecule has 0 aromatic carbocycles. The maximum Gasteiger partial charge on any atom is 0.325 e. The first-order valence-corrected chi connectivity index (χ1v) is 6.33. The third kappa shape index (κ3) is 4.52. The van der Waals surface area contributed by atoms with Gasteiger partial charge in [0.05, 0.1) is 0 Å². The number of aliphatic carboxylic acids is 1. The van der Waals surface area contributed by atoms with Gasteiger partial charge in [-0.15, -0.1) is 0 Å². The molecule has 2 amide bonds. The van der Waals surface area contributed by atoms with E-state index in [4.69, 9.17) is 5.11 Å². The topological polar surface area (TPSA) is 72.9 Å². The molecule has 6 heteroatoms. The minimum absolute atomic E-state index is 0.270. The summed E-state index contributed by atoms with van der Waals surface area (Å²) in [6.07, 6.45) is 1.96. The van der Waals surface area contributed by atoms with E-state index in [1.54, 1.807) is 4.90 Å². The van der Waals surface area contributed by atoms with Gasteiger partial charge in [-0.1, -0.05) is 0 Å². The molecule has 0 aromatic rings. The lowest BCUT2D eigenvalue weighted by Crippen LogP contribution is -2.49. The summed E-state index contributed by atoms with van der Waals surface area (Å²) in [5.41, 5.74) is 0. The summed E-state index contributed by atoms with van der Waals surface area (Å²) in [4.78, 5) is 26.3. The van der Waals surface area contributed by atoms with Crippen molar-refractivity contribution in [2.24, 2.45) is 5.92 Å². The van der Waals surface area contributed by atoms with Crippen molar-refractivity contribution in [3.8, 4) is 0 Å². The standard InChI is InChI=1S/C12H23N3O3/c1-9(11(16)17)13-12(18)15-6-4-10(5-7-15)8-14(2)3/h9-10H,4-8H2,1-3H3,(H,13,18)(H,16,17)/t9-/m1/s1. The Bertz CT molecular complexity index is 299. The van der Waals surface area contributed by atoms with Crippen LogP contribution in [0.3, 0.4) is 0 Å². The van der Waals surface area contributed by atoms with Crippen LogP contribution in [-0.2, 0) is 4.79 Å². The van der Waals surface area contributed by atoms with Gasteiger partial charge in [-0.05, 0) is 39.8 Å². The summed E-state index contributed by atoms with van der Waals surface area (Å²) in [6, 6.07) is -1.11. The van der Waals surface area contributed by atoms with Crippen LogP contribution in [0.5, 0.6) is 0 Å². The number of nitrogens with one attached hydrogen (secondary N) is 1. The van der Waals surface area contributed by atoms with Crippen LogP contribution in [0.25, 0.3) is 0 Å². The number of hydrogen-bond donors (Lipinski definition) is 2. The smallest absolute Gasteiger partial charge is 0.325 e. The molecule has 0 saturated carbocycles. The number of piperidine rings is 1. The molecule has 1 saturated heterocycles. The van der Waals surface area contributed by atoms with E-state index >= 15 is 0 Å². The zero-order valence-corrected chi connectivity index (χ0v) is 11.3. The normalized spacial score (nSPS) is 18.8. The molecule has 1 aliphatic heterocycles. The minimum atomic E-state index is -1.01. The van der Waals surface area contributed by atoms with Gasteiger partial charge >= 0.3 is 12.0 Å². The molecule has 2 N–H and O–H groups in total. The number of rotatable bonds is 4. The molecule has 1 atom stereocenters. The summed E-state index contributed by atoms with van der Waals surface area (Å²) in [5, 5.41) is 11.2. The van der Waals surface area contributed by atoms with Crippen LogP contribution < -0.4 is 5.32 Å². The van der Waals surface area contributed by atoms with Gasteiger partial charge < -0.3 is 20.2 Å². The lowest BCUT2D eigenvalue weighted by molar-refractivity contribution is -0.138.